The van der Waals surface area contributed by atoms with E-state index in [0.717, 1.165) is 16.7 Å². The van der Waals surface area contributed by atoms with Crippen LogP contribution in [0.4, 0.5) is 4.79 Å². The SMILES string of the molecule is CNC(=O)NC(=O)[C@H](C)N(C)Cc1cc2ccccc2o1. The minimum Gasteiger partial charge on any atom is -0.460 e. The molecular formula is C15H19N3O3. The van der Waals surface area contributed by atoms with Gasteiger partial charge in [0.1, 0.15) is 11.3 Å². The molecule has 0 saturated heterocycles. The quantitative estimate of drug-likeness (QED) is 0.898. The minimum atomic E-state index is -0.510. The van der Waals surface area contributed by atoms with Crippen LogP contribution in [0.25, 0.3) is 11.0 Å². The van der Waals surface area contributed by atoms with Crippen molar-refractivity contribution in [3.8, 4) is 0 Å². The first kappa shape index (κ1) is 15.1. The van der Waals surface area contributed by atoms with Crippen molar-refractivity contribution in [1.82, 2.24) is 15.5 Å². The predicted octanol–water partition coefficient (Wildman–Crippen LogP) is 1.71. The lowest BCUT2D eigenvalue weighted by Crippen LogP contribution is -2.47. The number of carbonyl (C=O) groups is 2. The molecule has 1 aromatic heterocycles. The molecule has 6 heteroatoms. The van der Waals surface area contributed by atoms with Crippen molar-refractivity contribution in [3.63, 3.8) is 0 Å². The van der Waals surface area contributed by atoms with Crippen LogP contribution in [0, 0.1) is 0 Å². The van der Waals surface area contributed by atoms with Gasteiger partial charge < -0.3 is 9.73 Å². The van der Waals surface area contributed by atoms with Gasteiger partial charge in [-0.15, -0.1) is 0 Å². The largest absolute Gasteiger partial charge is 0.460 e. The van der Waals surface area contributed by atoms with Gasteiger partial charge in [0, 0.05) is 12.4 Å². The van der Waals surface area contributed by atoms with Gasteiger partial charge in [-0.3, -0.25) is 15.0 Å². The fourth-order valence-electron chi connectivity index (χ4n) is 1.98. The summed E-state index contributed by atoms with van der Waals surface area (Å²) in [6, 6.07) is 8.74. The number of para-hydroxylation sites is 1. The standard InChI is InChI=1S/C15H19N3O3/c1-10(14(19)17-15(20)16-2)18(3)9-12-8-11-6-4-5-7-13(11)21-12/h4-8,10H,9H2,1-3H3,(H2,16,17,19,20)/t10-/m0/s1. The molecule has 2 aromatic rings. The van der Waals surface area contributed by atoms with Crippen molar-refractivity contribution in [1.29, 1.82) is 0 Å². The molecular weight excluding hydrogens is 270 g/mol. The summed E-state index contributed by atoms with van der Waals surface area (Å²) in [4.78, 5) is 24.8. The first-order valence-corrected chi connectivity index (χ1v) is 6.71. The second kappa shape index (κ2) is 6.41. The van der Waals surface area contributed by atoms with Gasteiger partial charge in [-0.25, -0.2) is 4.79 Å². The number of hydrogen-bond donors (Lipinski definition) is 2. The van der Waals surface area contributed by atoms with Crippen LogP contribution in [-0.2, 0) is 11.3 Å². The highest BCUT2D eigenvalue weighted by Gasteiger charge is 2.20. The first-order chi connectivity index (χ1) is 10.0. The van der Waals surface area contributed by atoms with Crippen molar-refractivity contribution in [3.05, 3.63) is 36.1 Å². The minimum absolute atomic E-state index is 0.354. The highest BCUT2D eigenvalue weighted by molar-refractivity contribution is 5.96. The molecule has 1 atom stereocenters. The third-order valence-corrected chi connectivity index (χ3v) is 3.39. The molecule has 0 radical (unpaired) electrons. The van der Waals surface area contributed by atoms with Crippen molar-refractivity contribution in [2.45, 2.75) is 19.5 Å². The molecule has 2 rings (SSSR count). The number of nitrogens with zero attached hydrogens (tertiary/aromatic N) is 1. The van der Waals surface area contributed by atoms with Crippen LogP contribution in [-0.4, -0.2) is 37.0 Å². The maximum atomic E-state index is 11.9. The second-order valence-corrected chi connectivity index (χ2v) is 4.91. The van der Waals surface area contributed by atoms with E-state index in [1.165, 1.54) is 7.05 Å². The Morgan fingerprint density at radius 3 is 2.71 bits per heavy atom. The average molecular weight is 289 g/mol. The summed E-state index contributed by atoms with van der Waals surface area (Å²) in [6.45, 7) is 2.22. The van der Waals surface area contributed by atoms with Crippen molar-refractivity contribution < 1.29 is 14.0 Å². The van der Waals surface area contributed by atoms with Gasteiger partial charge in [-0.05, 0) is 26.1 Å². The smallest absolute Gasteiger partial charge is 0.321 e. The zero-order valence-electron chi connectivity index (χ0n) is 12.3. The van der Waals surface area contributed by atoms with E-state index in [1.807, 2.05) is 35.2 Å². The molecule has 1 heterocycles. The average Bonchev–Trinajstić information content (AvgIpc) is 2.88. The Kier molecular flexibility index (Phi) is 4.59. The molecule has 0 aliphatic carbocycles. The number of carbonyl (C=O) groups excluding carboxylic acids is 2. The Labute approximate surface area is 123 Å². The summed E-state index contributed by atoms with van der Waals surface area (Å²) >= 11 is 0. The number of rotatable bonds is 4. The van der Waals surface area contributed by atoms with Gasteiger partial charge in [-0.1, -0.05) is 18.2 Å². The van der Waals surface area contributed by atoms with E-state index in [-0.39, 0.29) is 5.91 Å². The molecule has 2 N–H and O–H groups in total. The van der Waals surface area contributed by atoms with Crippen molar-refractivity contribution in [2.24, 2.45) is 0 Å². The molecule has 0 bridgehead atoms. The first-order valence-electron chi connectivity index (χ1n) is 6.71. The van der Waals surface area contributed by atoms with Gasteiger partial charge in [0.25, 0.3) is 0 Å². The summed E-state index contributed by atoms with van der Waals surface area (Å²) in [5, 5.41) is 5.64. The number of fused-ring (bicyclic) bond motifs is 1. The molecule has 0 aliphatic rings. The zero-order chi connectivity index (χ0) is 15.4. The second-order valence-electron chi connectivity index (χ2n) is 4.91. The number of hydrogen-bond acceptors (Lipinski definition) is 4. The van der Waals surface area contributed by atoms with Crippen molar-refractivity contribution >= 4 is 22.9 Å². The highest BCUT2D eigenvalue weighted by Crippen LogP contribution is 2.20. The fourth-order valence-corrected chi connectivity index (χ4v) is 1.98. The maximum absolute atomic E-state index is 11.9. The van der Waals surface area contributed by atoms with Crippen LogP contribution in [0.1, 0.15) is 12.7 Å². The number of benzene rings is 1. The molecule has 3 amide bonds. The Bertz CT molecular complexity index is 617. The summed E-state index contributed by atoms with van der Waals surface area (Å²) in [6.07, 6.45) is 0. The van der Waals surface area contributed by atoms with Gasteiger partial charge in [0.05, 0.1) is 12.6 Å². The molecule has 0 aliphatic heterocycles. The van der Waals surface area contributed by atoms with E-state index in [4.69, 9.17) is 4.42 Å². The molecule has 0 unspecified atom stereocenters. The van der Waals surface area contributed by atoms with Crippen LogP contribution in [0.2, 0.25) is 0 Å². The highest BCUT2D eigenvalue weighted by atomic mass is 16.3. The van der Waals surface area contributed by atoms with Crippen molar-refractivity contribution in [2.75, 3.05) is 14.1 Å². The summed E-state index contributed by atoms with van der Waals surface area (Å²) in [5.41, 5.74) is 0.823. The van der Waals surface area contributed by atoms with Crippen LogP contribution < -0.4 is 10.6 Å². The monoisotopic (exact) mass is 289 g/mol. The van der Waals surface area contributed by atoms with E-state index in [1.54, 1.807) is 14.0 Å². The molecule has 6 nitrogen and oxygen atoms in total. The zero-order valence-corrected chi connectivity index (χ0v) is 12.3. The lowest BCUT2D eigenvalue weighted by molar-refractivity contribution is -0.124. The van der Waals surface area contributed by atoms with Gasteiger partial charge in [-0.2, -0.15) is 0 Å². The van der Waals surface area contributed by atoms with E-state index in [2.05, 4.69) is 10.6 Å². The Morgan fingerprint density at radius 1 is 1.33 bits per heavy atom. The molecule has 1 aromatic carbocycles. The molecule has 21 heavy (non-hydrogen) atoms. The van der Waals surface area contributed by atoms with Gasteiger partial charge >= 0.3 is 6.03 Å². The predicted molar refractivity (Wildman–Crippen MR) is 79.7 cm³/mol. The Hall–Kier alpha value is -2.34. The van der Waals surface area contributed by atoms with Gasteiger partial charge in [0.2, 0.25) is 5.91 Å². The Morgan fingerprint density at radius 2 is 2.05 bits per heavy atom. The summed E-state index contributed by atoms with van der Waals surface area (Å²) in [7, 11) is 3.27. The maximum Gasteiger partial charge on any atom is 0.321 e. The number of nitrogens with one attached hydrogen (secondary N) is 2. The van der Waals surface area contributed by atoms with E-state index >= 15 is 0 Å². The van der Waals surface area contributed by atoms with E-state index < -0.39 is 12.1 Å². The number of furan rings is 1. The Balaban J connectivity index is 2.01. The van der Waals surface area contributed by atoms with E-state index in [9.17, 15) is 9.59 Å². The van der Waals surface area contributed by atoms with Crippen LogP contribution in [0.3, 0.4) is 0 Å². The third kappa shape index (κ3) is 3.61. The number of likely N-dealkylation sites (N-methyl/N-ethyl adjacent to an activating group) is 1. The van der Waals surface area contributed by atoms with E-state index in [0.29, 0.717) is 6.54 Å². The van der Waals surface area contributed by atoms with Gasteiger partial charge in [0.15, 0.2) is 0 Å². The lowest BCUT2D eigenvalue weighted by atomic mass is 10.2. The lowest BCUT2D eigenvalue weighted by Gasteiger charge is -2.22. The number of urea groups is 1. The normalized spacial score (nSPS) is 12.4. The molecule has 0 spiro atoms. The molecule has 112 valence electrons. The topological polar surface area (TPSA) is 74.6 Å². The summed E-state index contributed by atoms with van der Waals surface area (Å²) < 4.78 is 5.72. The van der Waals surface area contributed by atoms with Crippen LogP contribution >= 0.6 is 0 Å². The van der Waals surface area contributed by atoms with Crippen LogP contribution in [0.15, 0.2) is 34.7 Å². The molecule has 0 fully saturated rings. The fraction of sp³-hybridized carbons (Fsp3) is 0.333. The number of imide groups is 1. The molecule has 0 saturated carbocycles. The van der Waals surface area contributed by atoms with Crippen LogP contribution in [0.5, 0.6) is 0 Å². The summed E-state index contributed by atoms with van der Waals surface area (Å²) in [5.74, 6) is 0.422. The third-order valence-electron chi connectivity index (χ3n) is 3.39. The number of amides is 3.